The van der Waals surface area contributed by atoms with Crippen molar-refractivity contribution < 1.29 is 33.1 Å². The van der Waals surface area contributed by atoms with Crippen LogP contribution < -0.4 is 9.80 Å². The van der Waals surface area contributed by atoms with Gasteiger partial charge in [0, 0.05) is 33.7 Å². The van der Waals surface area contributed by atoms with Crippen LogP contribution in [0.5, 0.6) is 0 Å². The average molecular weight is 737 g/mol. The number of amides is 3. The lowest BCUT2D eigenvalue weighted by Gasteiger charge is -2.37. The van der Waals surface area contributed by atoms with Crippen LogP contribution in [0.3, 0.4) is 0 Å². The average Bonchev–Trinajstić information content (AvgIpc) is 3.69. The second-order valence-corrected chi connectivity index (χ2v) is 18.5. The van der Waals surface area contributed by atoms with Crippen LogP contribution in [-0.2, 0) is 44.2 Å². The van der Waals surface area contributed by atoms with Crippen molar-refractivity contribution in [3.63, 3.8) is 0 Å². The third-order valence-electron chi connectivity index (χ3n) is 10.5. The van der Waals surface area contributed by atoms with E-state index in [1.54, 1.807) is 27.8 Å². The van der Waals surface area contributed by atoms with Crippen molar-refractivity contribution in [1.29, 1.82) is 0 Å². The molecule has 252 valence electrons. The number of hydrogen-bond acceptors (Lipinski definition) is 6. The molecule has 4 aliphatic heterocycles. The summed E-state index contributed by atoms with van der Waals surface area (Å²) in [6.07, 6.45) is -0.766. The number of hydrogen-bond donors (Lipinski definition) is 1. The van der Waals surface area contributed by atoms with Crippen molar-refractivity contribution in [3.8, 4) is 0 Å². The SMILES string of the molecule is C[C@H]1[C@H]([Si](C)(C)F)[C@@H](CC(=O)N2Cc3ccccc3C[C@H]2CO)O[C@]12C(=O)N(Cc1ccc(N3CCOC3=O)cc1)c1ccc(Br)cc12. The molecular formula is C36H39BrFN3O6Si. The van der Waals surface area contributed by atoms with Crippen LogP contribution in [0.15, 0.2) is 71.2 Å². The molecular weight excluding hydrogens is 697 g/mol. The Bertz CT molecular complexity index is 1770. The Balaban J connectivity index is 1.20. The zero-order valence-corrected chi connectivity index (χ0v) is 29.8. The summed E-state index contributed by atoms with van der Waals surface area (Å²) in [4.78, 5) is 45.8. The molecule has 1 spiro atoms. The molecule has 3 aromatic rings. The quantitative estimate of drug-likeness (QED) is 0.234. The molecule has 0 radical (unpaired) electrons. The summed E-state index contributed by atoms with van der Waals surface area (Å²) in [5.41, 5.74) is 2.92. The van der Waals surface area contributed by atoms with E-state index in [9.17, 15) is 19.5 Å². The summed E-state index contributed by atoms with van der Waals surface area (Å²) in [5, 5.41) is 10.2. The highest BCUT2D eigenvalue weighted by Crippen LogP contribution is 2.60. The summed E-state index contributed by atoms with van der Waals surface area (Å²) >= 11 is 3.58. The summed E-state index contributed by atoms with van der Waals surface area (Å²) < 4.78 is 29.1. The van der Waals surface area contributed by atoms with E-state index in [4.69, 9.17) is 9.47 Å². The lowest BCUT2D eigenvalue weighted by Crippen LogP contribution is -2.48. The molecule has 48 heavy (non-hydrogen) atoms. The largest absolute Gasteiger partial charge is 0.447 e. The fourth-order valence-corrected chi connectivity index (χ4v) is 11.2. The molecule has 2 fully saturated rings. The molecule has 9 nitrogen and oxygen atoms in total. The standard InChI is InChI=1S/C36H39BrFN3O6Si/c1-22-33(48(2,3)38)31(18-32(43)40-20-25-7-5-4-6-24(25)16-28(40)21-42)47-36(22)29-17-26(37)10-13-30(29)41(34(36)44)19-23-8-11-27(12-9-23)39-14-15-46-35(39)45/h4-13,17,22,28,31,33,42H,14-16,18-21H2,1-3H3/t22-,28-,31+,33-,36+/m0/s1. The molecule has 4 aliphatic rings. The van der Waals surface area contributed by atoms with E-state index >= 15 is 4.11 Å². The fraction of sp³-hybridized carbons (Fsp3) is 0.417. The molecule has 2 saturated heterocycles. The van der Waals surface area contributed by atoms with Gasteiger partial charge in [-0.25, -0.2) is 4.79 Å². The molecule has 4 heterocycles. The highest BCUT2D eigenvalue weighted by atomic mass is 79.9. The van der Waals surface area contributed by atoms with Gasteiger partial charge in [-0.3, -0.25) is 14.5 Å². The third kappa shape index (κ3) is 5.46. The minimum Gasteiger partial charge on any atom is -0.447 e. The van der Waals surface area contributed by atoms with Crippen molar-refractivity contribution >= 4 is 53.6 Å². The van der Waals surface area contributed by atoms with Crippen molar-refractivity contribution in [2.75, 3.05) is 29.6 Å². The first kappa shape index (κ1) is 32.9. The number of rotatable bonds is 7. The van der Waals surface area contributed by atoms with Crippen molar-refractivity contribution in [2.45, 2.75) is 69.2 Å². The van der Waals surface area contributed by atoms with Gasteiger partial charge in [-0.05, 0) is 66.5 Å². The van der Waals surface area contributed by atoms with E-state index in [0.29, 0.717) is 43.1 Å². The van der Waals surface area contributed by atoms with Gasteiger partial charge in [0.05, 0.1) is 44.0 Å². The molecule has 7 rings (SSSR count). The number of halogens is 2. The van der Waals surface area contributed by atoms with E-state index < -0.39 is 37.6 Å². The summed E-state index contributed by atoms with van der Waals surface area (Å²) in [6, 6.07) is 20.6. The molecule has 5 atom stereocenters. The Morgan fingerprint density at radius 2 is 1.81 bits per heavy atom. The van der Waals surface area contributed by atoms with Gasteiger partial charge in [-0.15, -0.1) is 0 Å². The lowest BCUT2D eigenvalue weighted by atomic mass is 9.82. The predicted molar refractivity (Wildman–Crippen MR) is 185 cm³/mol. The first-order valence-electron chi connectivity index (χ1n) is 16.4. The third-order valence-corrected chi connectivity index (χ3v) is 13.5. The van der Waals surface area contributed by atoms with Gasteiger partial charge in [0.1, 0.15) is 6.61 Å². The number of fused-ring (bicyclic) bond motifs is 3. The topological polar surface area (TPSA) is 99.6 Å². The number of aliphatic hydroxyl groups is 1. The summed E-state index contributed by atoms with van der Waals surface area (Å²) in [7, 11) is -3.50. The minimum atomic E-state index is -3.50. The number of carbonyl (C=O) groups excluding carboxylic acids is 3. The molecule has 0 aliphatic carbocycles. The number of anilines is 2. The number of benzene rings is 3. The normalized spacial score (nSPS) is 26.7. The summed E-state index contributed by atoms with van der Waals surface area (Å²) in [6.45, 7) is 6.37. The van der Waals surface area contributed by atoms with Crippen LogP contribution in [0.2, 0.25) is 18.6 Å². The number of cyclic esters (lactones) is 1. The molecule has 0 unspecified atom stereocenters. The van der Waals surface area contributed by atoms with E-state index in [2.05, 4.69) is 15.9 Å². The molecule has 0 bridgehead atoms. The Morgan fingerprint density at radius 3 is 2.48 bits per heavy atom. The van der Waals surface area contributed by atoms with Crippen molar-refractivity contribution in [2.24, 2.45) is 5.92 Å². The Morgan fingerprint density at radius 1 is 1.08 bits per heavy atom. The van der Waals surface area contributed by atoms with Crippen LogP contribution in [0.1, 0.15) is 35.6 Å². The molecule has 1 N–H and O–H groups in total. The van der Waals surface area contributed by atoms with Crippen LogP contribution >= 0.6 is 15.9 Å². The number of aliphatic hydroxyl groups excluding tert-OH is 1. The molecule has 3 amide bonds. The predicted octanol–water partition coefficient (Wildman–Crippen LogP) is 6.06. The zero-order chi connectivity index (χ0) is 34.0. The molecule has 0 saturated carbocycles. The molecule has 12 heteroatoms. The first-order chi connectivity index (χ1) is 22.9. The number of nitrogens with zero attached hydrogens (tertiary/aromatic N) is 3. The van der Waals surface area contributed by atoms with Gasteiger partial charge in [-0.2, -0.15) is 0 Å². The number of ether oxygens (including phenoxy) is 2. The van der Waals surface area contributed by atoms with Gasteiger partial charge in [0.15, 0.2) is 5.60 Å². The van der Waals surface area contributed by atoms with E-state index in [1.165, 1.54) is 0 Å². The Labute approximate surface area is 288 Å². The summed E-state index contributed by atoms with van der Waals surface area (Å²) in [5.74, 6) is -1.06. The van der Waals surface area contributed by atoms with Gasteiger partial charge >= 0.3 is 6.09 Å². The van der Waals surface area contributed by atoms with E-state index in [0.717, 1.165) is 21.2 Å². The molecule has 0 aromatic heterocycles. The Kier molecular flexibility index (Phi) is 8.50. The van der Waals surface area contributed by atoms with Gasteiger partial charge < -0.3 is 28.5 Å². The van der Waals surface area contributed by atoms with Gasteiger partial charge in [0.25, 0.3) is 5.91 Å². The second kappa shape index (κ2) is 12.4. The maximum absolute atomic E-state index is 16.4. The Hall–Kier alpha value is -3.58. The van der Waals surface area contributed by atoms with E-state index in [1.807, 2.05) is 73.7 Å². The maximum Gasteiger partial charge on any atom is 0.414 e. The lowest BCUT2D eigenvalue weighted by molar-refractivity contribution is -0.151. The fourth-order valence-electron chi connectivity index (χ4n) is 8.30. The first-order valence-corrected chi connectivity index (χ1v) is 20.2. The zero-order valence-electron chi connectivity index (χ0n) is 27.2. The number of carbonyl (C=O) groups is 3. The highest BCUT2D eigenvalue weighted by molar-refractivity contribution is 9.10. The van der Waals surface area contributed by atoms with Crippen LogP contribution in [0.4, 0.5) is 20.3 Å². The van der Waals surface area contributed by atoms with Gasteiger partial charge in [0.2, 0.25) is 14.3 Å². The van der Waals surface area contributed by atoms with Crippen LogP contribution in [0, 0.1) is 5.92 Å². The van der Waals surface area contributed by atoms with Gasteiger partial charge in [-0.1, -0.05) is 59.3 Å². The van der Waals surface area contributed by atoms with Crippen LogP contribution in [-0.4, -0.2) is 68.2 Å². The highest BCUT2D eigenvalue weighted by Gasteiger charge is 2.67. The van der Waals surface area contributed by atoms with Crippen LogP contribution in [0.25, 0.3) is 0 Å². The smallest absolute Gasteiger partial charge is 0.414 e. The van der Waals surface area contributed by atoms with Crippen molar-refractivity contribution in [1.82, 2.24) is 4.90 Å². The van der Waals surface area contributed by atoms with E-state index in [-0.39, 0.29) is 37.5 Å². The van der Waals surface area contributed by atoms with Crippen molar-refractivity contribution in [3.05, 3.63) is 93.5 Å². The monoisotopic (exact) mass is 735 g/mol. The second-order valence-electron chi connectivity index (χ2n) is 13.8. The maximum atomic E-state index is 16.4. The minimum absolute atomic E-state index is 0.0905. The molecule has 3 aromatic carbocycles.